The maximum Gasteiger partial charge on any atom is 0.170 e. The van der Waals surface area contributed by atoms with Gasteiger partial charge in [0.15, 0.2) is 12.1 Å². The molecule has 0 unspecified atom stereocenters. The SMILES string of the molecule is C1CC1.CO/C=C/c1c(F)cccc1-c1ccc2nc(N)c(C=O)n2c1. The minimum Gasteiger partial charge on any atom is -0.504 e. The average Bonchev–Trinajstić information content (AvgIpc) is 3.48. The molecule has 3 aromatic rings. The van der Waals surface area contributed by atoms with Crippen LogP contribution in [-0.2, 0) is 4.74 Å². The Balaban J connectivity index is 0.000000592. The van der Waals surface area contributed by atoms with Crippen LogP contribution in [0.1, 0.15) is 35.3 Å². The summed E-state index contributed by atoms with van der Waals surface area (Å²) < 4.78 is 20.6. The highest BCUT2D eigenvalue weighted by molar-refractivity contribution is 5.83. The van der Waals surface area contributed by atoms with E-state index in [1.165, 1.54) is 38.7 Å². The zero-order chi connectivity index (χ0) is 18.5. The molecule has 0 radical (unpaired) electrons. The van der Waals surface area contributed by atoms with Gasteiger partial charge < -0.3 is 10.5 Å². The smallest absolute Gasteiger partial charge is 0.170 e. The minimum absolute atomic E-state index is 0.163. The maximum atomic E-state index is 14.1. The lowest BCUT2D eigenvalue weighted by Crippen LogP contribution is -1.96. The van der Waals surface area contributed by atoms with Gasteiger partial charge in [0, 0.05) is 11.8 Å². The molecule has 1 aliphatic rings. The fraction of sp³-hybridized carbons (Fsp3) is 0.200. The van der Waals surface area contributed by atoms with Crippen molar-refractivity contribution >= 4 is 23.8 Å². The highest BCUT2D eigenvalue weighted by Crippen LogP contribution is 2.28. The second-order valence-corrected chi connectivity index (χ2v) is 5.95. The number of halogens is 1. The Morgan fingerprint density at radius 1 is 1.23 bits per heavy atom. The zero-order valence-electron chi connectivity index (χ0n) is 14.5. The molecule has 1 saturated carbocycles. The summed E-state index contributed by atoms with van der Waals surface area (Å²) in [5.74, 6) is -0.201. The van der Waals surface area contributed by atoms with Crippen molar-refractivity contribution in [1.82, 2.24) is 9.38 Å². The Morgan fingerprint density at radius 2 is 2.00 bits per heavy atom. The first-order chi connectivity index (χ1) is 12.7. The molecule has 2 N–H and O–H groups in total. The fourth-order valence-corrected chi connectivity index (χ4v) is 2.45. The first-order valence-corrected chi connectivity index (χ1v) is 8.36. The highest BCUT2D eigenvalue weighted by atomic mass is 19.1. The molecule has 0 amide bonds. The number of benzene rings is 1. The van der Waals surface area contributed by atoms with Crippen molar-refractivity contribution in [3.63, 3.8) is 0 Å². The number of aldehydes is 1. The predicted octanol–water partition coefficient (Wildman–Crippen LogP) is 4.32. The van der Waals surface area contributed by atoms with Gasteiger partial charge in [-0.3, -0.25) is 9.20 Å². The van der Waals surface area contributed by atoms with E-state index in [2.05, 4.69) is 4.98 Å². The van der Waals surface area contributed by atoms with Crippen LogP contribution < -0.4 is 5.73 Å². The van der Waals surface area contributed by atoms with Crippen LogP contribution >= 0.6 is 0 Å². The van der Waals surface area contributed by atoms with Crippen LogP contribution in [-0.4, -0.2) is 22.8 Å². The number of anilines is 1. The van der Waals surface area contributed by atoms with E-state index in [1.54, 1.807) is 40.9 Å². The molecule has 1 fully saturated rings. The van der Waals surface area contributed by atoms with Crippen LogP contribution in [0.3, 0.4) is 0 Å². The van der Waals surface area contributed by atoms with E-state index in [0.29, 0.717) is 23.1 Å². The van der Waals surface area contributed by atoms with Gasteiger partial charge in [-0.25, -0.2) is 9.37 Å². The molecule has 26 heavy (non-hydrogen) atoms. The number of fused-ring (bicyclic) bond motifs is 1. The summed E-state index contributed by atoms with van der Waals surface area (Å²) in [6, 6.07) is 8.33. The molecule has 2 heterocycles. The number of aromatic nitrogens is 2. The van der Waals surface area contributed by atoms with E-state index in [9.17, 15) is 9.18 Å². The number of pyridine rings is 1. The van der Waals surface area contributed by atoms with E-state index < -0.39 is 0 Å². The topological polar surface area (TPSA) is 69.6 Å². The summed E-state index contributed by atoms with van der Waals surface area (Å²) >= 11 is 0. The van der Waals surface area contributed by atoms with Crippen molar-refractivity contribution in [1.29, 1.82) is 0 Å². The van der Waals surface area contributed by atoms with E-state index >= 15 is 0 Å². The first-order valence-electron chi connectivity index (χ1n) is 8.36. The molecule has 5 nitrogen and oxygen atoms in total. The van der Waals surface area contributed by atoms with Gasteiger partial charge in [0.2, 0.25) is 0 Å². The number of methoxy groups -OCH3 is 1. The van der Waals surface area contributed by atoms with Gasteiger partial charge in [-0.05, 0) is 35.4 Å². The van der Waals surface area contributed by atoms with Crippen LogP contribution in [0.4, 0.5) is 10.2 Å². The largest absolute Gasteiger partial charge is 0.504 e. The van der Waals surface area contributed by atoms with Gasteiger partial charge in [-0.2, -0.15) is 0 Å². The number of hydrogen-bond acceptors (Lipinski definition) is 4. The van der Waals surface area contributed by atoms with Crippen LogP contribution in [0.25, 0.3) is 22.9 Å². The Morgan fingerprint density at radius 3 is 2.65 bits per heavy atom. The summed E-state index contributed by atoms with van der Waals surface area (Å²) in [7, 11) is 1.49. The average molecular weight is 353 g/mol. The molecule has 0 bridgehead atoms. The summed E-state index contributed by atoms with van der Waals surface area (Å²) in [6.07, 6.45) is 9.82. The first kappa shape index (κ1) is 17.7. The van der Waals surface area contributed by atoms with Crippen molar-refractivity contribution in [3.8, 4) is 11.1 Å². The molecular formula is C20H20FN3O2. The molecular weight excluding hydrogens is 333 g/mol. The van der Waals surface area contributed by atoms with Crippen molar-refractivity contribution in [2.45, 2.75) is 19.3 Å². The Hall–Kier alpha value is -3.15. The number of carbonyl (C=O) groups is 1. The van der Waals surface area contributed by atoms with Gasteiger partial charge in [-0.15, -0.1) is 0 Å². The lowest BCUT2D eigenvalue weighted by molar-refractivity contribution is 0.111. The number of nitrogens with two attached hydrogens (primary N) is 1. The molecule has 6 heteroatoms. The number of ether oxygens (including phenoxy) is 1. The highest BCUT2D eigenvalue weighted by Gasteiger charge is 2.12. The van der Waals surface area contributed by atoms with Crippen LogP contribution in [0.2, 0.25) is 0 Å². The van der Waals surface area contributed by atoms with Gasteiger partial charge in [-0.1, -0.05) is 31.4 Å². The van der Waals surface area contributed by atoms with E-state index in [-0.39, 0.29) is 17.3 Å². The summed E-state index contributed by atoms with van der Waals surface area (Å²) in [6.45, 7) is 0. The van der Waals surface area contributed by atoms with Crippen molar-refractivity contribution < 1.29 is 13.9 Å². The molecule has 2 aromatic heterocycles. The molecule has 1 aliphatic carbocycles. The number of imidazole rings is 1. The van der Waals surface area contributed by atoms with Gasteiger partial charge in [0.1, 0.15) is 17.2 Å². The molecule has 0 saturated heterocycles. The number of nitrogens with zero attached hydrogens (tertiary/aromatic N) is 2. The fourth-order valence-electron chi connectivity index (χ4n) is 2.45. The monoisotopic (exact) mass is 353 g/mol. The quantitative estimate of drug-likeness (QED) is 0.560. The Labute approximate surface area is 150 Å². The van der Waals surface area contributed by atoms with Crippen LogP contribution in [0.15, 0.2) is 42.8 Å². The van der Waals surface area contributed by atoms with Crippen molar-refractivity contribution in [3.05, 3.63) is 59.9 Å². The zero-order valence-corrected chi connectivity index (χ0v) is 14.5. The number of carbonyl (C=O) groups excluding carboxylic acids is 1. The van der Waals surface area contributed by atoms with Crippen molar-refractivity contribution in [2.24, 2.45) is 0 Å². The van der Waals surface area contributed by atoms with Gasteiger partial charge in [0.05, 0.1) is 13.4 Å². The maximum absolute atomic E-state index is 14.1. The Kier molecular flexibility index (Phi) is 5.31. The normalized spacial score (nSPS) is 12.7. The molecule has 1 aromatic carbocycles. The Bertz CT molecular complexity index is 958. The minimum atomic E-state index is -0.364. The molecule has 4 rings (SSSR count). The van der Waals surface area contributed by atoms with Crippen molar-refractivity contribution in [2.75, 3.05) is 12.8 Å². The number of hydrogen-bond donors (Lipinski definition) is 1. The van der Waals surface area contributed by atoms with E-state index in [1.807, 2.05) is 0 Å². The molecule has 0 aliphatic heterocycles. The van der Waals surface area contributed by atoms with Gasteiger partial charge in [0.25, 0.3) is 0 Å². The molecule has 134 valence electrons. The third kappa shape index (κ3) is 3.74. The lowest BCUT2D eigenvalue weighted by atomic mass is 10.0. The van der Waals surface area contributed by atoms with Gasteiger partial charge >= 0.3 is 0 Å². The molecule has 0 atom stereocenters. The third-order valence-corrected chi connectivity index (χ3v) is 3.88. The standard InChI is InChI=1S/C17H14FN3O2.C3H6/c1-23-8-7-13-12(3-2-4-14(13)18)11-5-6-16-20-17(19)15(10-22)21(16)9-11;1-2-3-1/h2-10H,19H2,1H3;1-3H2/b8-7+;. The summed E-state index contributed by atoms with van der Waals surface area (Å²) in [5.41, 5.74) is 8.34. The lowest BCUT2D eigenvalue weighted by Gasteiger charge is -2.08. The van der Waals surface area contributed by atoms with E-state index in [0.717, 1.165) is 5.56 Å². The second kappa shape index (κ2) is 7.82. The number of rotatable bonds is 4. The van der Waals surface area contributed by atoms with Crippen LogP contribution in [0.5, 0.6) is 0 Å². The molecule has 0 spiro atoms. The number of nitrogen functional groups attached to an aromatic ring is 1. The second-order valence-electron chi connectivity index (χ2n) is 5.95. The summed E-state index contributed by atoms with van der Waals surface area (Å²) in [4.78, 5) is 15.3. The summed E-state index contributed by atoms with van der Waals surface area (Å²) in [5, 5.41) is 0. The predicted molar refractivity (Wildman–Crippen MR) is 100 cm³/mol. The van der Waals surface area contributed by atoms with Crippen LogP contribution in [0, 0.1) is 5.82 Å². The van der Waals surface area contributed by atoms with E-state index in [4.69, 9.17) is 10.5 Å². The third-order valence-electron chi connectivity index (χ3n) is 3.88.